The lowest BCUT2D eigenvalue weighted by Crippen LogP contribution is -2.21. The molecule has 0 amide bonds. The van der Waals surface area contributed by atoms with Gasteiger partial charge in [0.2, 0.25) is 0 Å². The summed E-state index contributed by atoms with van der Waals surface area (Å²) in [6.45, 7) is 11.0. The van der Waals surface area contributed by atoms with Crippen LogP contribution < -0.4 is 5.32 Å². The Labute approximate surface area is 111 Å². The molecular weight excluding hydrogens is 222 g/mol. The first kappa shape index (κ1) is 15.1. The van der Waals surface area contributed by atoms with Gasteiger partial charge in [0.15, 0.2) is 0 Å². The van der Waals surface area contributed by atoms with Crippen LogP contribution in [-0.4, -0.2) is 17.2 Å². The number of hydrogen-bond acceptors (Lipinski definition) is 3. The highest BCUT2D eigenvalue weighted by Gasteiger charge is 2.18. The van der Waals surface area contributed by atoms with Crippen molar-refractivity contribution in [3.8, 4) is 0 Å². The summed E-state index contributed by atoms with van der Waals surface area (Å²) in [5.41, 5.74) is 3.81. The molecule has 0 aromatic carbocycles. The van der Waals surface area contributed by atoms with E-state index in [2.05, 4.69) is 49.3 Å². The van der Waals surface area contributed by atoms with E-state index in [9.17, 15) is 0 Å². The summed E-state index contributed by atoms with van der Waals surface area (Å²) in [4.78, 5) is 0. The van der Waals surface area contributed by atoms with Crippen molar-refractivity contribution in [1.82, 2.24) is 15.5 Å². The number of nitrogens with one attached hydrogen (secondary N) is 1. The lowest BCUT2D eigenvalue weighted by Gasteiger charge is -2.24. The molecule has 0 aliphatic heterocycles. The Hall–Kier alpha value is -0.960. The molecule has 1 atom stereocenters. The molecule has 102 valence electrons. The zero-order valence-electron chi connectivity index (χ0n) is 12.7. The van der Waals surface area contributed by atoms with Gasteiger partial charge < -0.3 is 5.32 Å². The van der Waals surface area contributed by atoms with Crippen molar-refractivity contribution in [2.24, 2.45) is 5.41 Å². The van der Waals surface area contributed by atoms with E-state index in [1.54, 1.807) is 0 Å². The van der Waals surface area contributed by atoms with Gasteiger partial charge in [0.25, 0.3) is 0 Å². The third-order valence-corrected chi connectivity index (χ3v) is 3.27. The van der Waals surface area contributed by atoms with E-state index in [-0.39, 0.29) is 0 Å². The van der Waals surface area contributed by atoms with E-state index < -0.39 is 0 Å². The Balaban J connectivity index is 2.90. The molecule has 0 spiro atoms. The SMILES string of the molecule is CCc1nnc(C)cc1C(CCC(C)(C)C)NC. The fourth-order valence-electron chi connectivity index (χ4n) is 2.14. The molecule has 1 aromatic rings. The first-order valence-electron chi connectivity index (χ1n) is 6.87. The van der Waals surface area contributed by atoms with E-state index in [0.29, 0.717) is 11.5 Å². The van der Waals surface area contributed by atoms with E-state index in [0.717, 1.165) is 24.2 Å². The first-order chi connectivity index (χ1) is 8.37. The van der Waals surface area contributed by atoms with Gasteiger partial charge in [0.1, 0.15) is 0 Å². The molecule has 0 saturated heterocycles. The predicted molar refractivity (Wildman–Crippen MR) is 76.6 cm³/mol. The monoisotopic (exact) mass is 249 g/mol. The smallest absolute Gasteiger partial charge is 0.0676 e. The largest absolute Gasteiger partial charge is 0.313 e. The highest BCUT2D eigenvalue weighted by atomic mass is 15.1. The van der Waals surface area contributed by atoms with Crippen molar-refractivity contribution >= 4 is 0 Å². The molecule has 1 unspecified atom stereocenters. The summed E-state index contributed by atoms with van der Waals surface area (Å²) in [6, 6.07) is 2.56. The van der Waals surface area contributed by atoms with Crippen molar-refractivity contribution in [2.75, 3.05) is 7.05 Å². The third kappa shape index (κ3) is 4.37. The number of aromatic nitrogens is 2. The minimum atomic E-state index is 0.372. The number of hydrogen-bond donors (Lipinski definition) is 1. The Morgan fingerprint density at radius 1 is 1.28 bits per heavy atom. The molecule has 1 rings (SSSR count). The minimum Gasteiger partial charge on any atom is -0.313 e. The fraction of sp³-hybridized carbons (Fsp3) is 0.733. The predicted octanol–water partition coefficient (Wildman–Crippen LogP) is 3.43. The molecule has 0 bridgehead atoms. The average molecular weight is 249 g/mol. The summed E-state index contributed by atoms with van der Waals surface area (Å²) in [6.07, 6.45) is 3.28. The highest BCUT2D eigenvalue weighted by Crippen LogP contribution is 2.28. The van der Waals surface area contributed by atoms with Crippen molar-refractivity contribution < 1.29 is 0 Å². The summed E-state index contributed by atoms with van der Waals surface area (Å²) in [7, 11) is 2.03. The van der Waals surface area contributed by atoms with Gasteiger partial charge in [-0.1, -0.05) is 27.7 Å². The summed E-state index contributed by atoms with van der Waals surface area (Å²) in [5.74, 6) is 0. The molecule has 3 heteroatoms. The van der Waals surface area contributed by atoms with Crippen molar-refractivity contribution in [3.63, 3.8) is 0 Å². The van der Waals surface area contributed by atoms with Crippen LogP contribution in [0.5, 0.6) is 0 Å². The van der Waals surface area contributed by atoms with Crippen LogP contribution in [0, 0.1) is 12.3 Å². The van der Waals surface area contributed by atoms with E-state index >= 15 is 0 Å². The Bertz CT molecular complexity index is 380. The van der Waals surface area contributed by atoms with Gasteiger partial charge >= 0.3 is 0 Å². The Morgan fingerprint density at radius 3 is 2.44 bits per heavy atom. The van der Waals surface area contributed by atoms with E-state index in [1.165, 1.54) is 12.0 Å². The maximum absolute atomic E-state index is 4.32. The van der Waals surface area contributed by atoms with Crippen molar-refractivity contribution in [1.29, 1.82) is 0 Å². The normalized spacial score (nSPS) is 13.7. The van der Waals surface area contributed by atoms with Crippen LogP contribution in [0.1, 0.15) is 63.5 Å². The van der Waals surface area contributed by atoms with Crippen LogP contribution in [0.15, 0.2) is 6.07 Å². The Morgan fingerprint density at radius 2 is 1.94 bits per heavy atom. The van der Waals surface area contributed by atoms with Crippen molar-refractivity contribution in [2.45, 2.75) is 59.9 Å². The first-order valence-corrected chi connectivity index (χ1v) is 6.87. The third-order valence-electron chi connectivity index (χ3n) is 3.27. The van der Waals surface area contributed by atoms with E-state index in [4.69, 9.17) is 0 Å². The van der Waals surface area contributed by atoms with Gasteiger partial charge in [-0.15, -0.1) is 0 Å². The lowest BCUT2D eigenvalue weighted by molar-refractivity contribution is 0.337. The standard InChI is InChI=1S/C15H27N3/c1-7-13-12(10-11(2)17-18-13)14(16-6)8-9-15(3,4)5/h10,14,16H,7-9H2,1-6H3. The van der Waals surface area contributed by atoms with Gasteiger partial charge in [-0.05, 0) is 50.3 Å². The van der Waals surface area contributed by atoms with Gasteiger partial charge in [0.05, 0.1) is 11.4 Å². The van der Waals surface area contributed by atoms with Gasteiger partial charge in [-0.3, -0.25) is 0 Å². The number of rotatable bonds is 5. The molecule has 0 aliphatic rings. The van der Waals surface area contributed by atoms with Gasteiger partial charge in [0, 0.05) is 6.04 Å². The summed E-state index contributed by atoms with van der Waals surface area (Å²) in [5, 5.41) is 11.9. The highest BCUT2D eigenvalue weighted by molar-refractivity contribution is 5.24. The van der Waals surface area contributed by atoms with Crippen LogP contribution in [0.2, 0.25) is 0 Å². The van der Waals surface area contributed by atoms with Crippen LogP contribution in [0.25, 0.3) is 0 Å². The van der Waals surface area contributed by atoms with Gasteiger partial charge in [-0.2, -0.15) is 10.2 Å². The molecule has 0 radical (unpaired) electrons. The lowest BCUT2D eigenvalue weighted by atomic mass is 9.86. The molecule has 1 aromatic heterocycles. The van der Waals surface area contributed by atoms with Crippen molar-refractivity contribution in [3.05, 3.63) is 23.0 Å². The molecule has 0 fully saturated rings. The van der Waals surface area contributed by atoms with E-state index in [1.807, 2.05) is 14.0 Å². The van der Waals surface area contributed by atoms with Gasteiger partial charge in [-0.25, -0.2) is 0 Å². The molecule has 0 saturated carbocycles. The maximum Gasteiger partial charge on any atom is 0.0676 e. The van der Waals surface area contributed by atoms with Crippen LogP contribution in [0.3, 0.4) is 0 Å². The maximum atomic E-state index is 4.32. The molecule has 1 heterocycles. The average Bonchev–Trinajstić information content (AvgIpc) is 2.28. The second-order valence-corrected chi connectivity index (χ2v) is 6.18. The Kier molecular flexibility index (Phi) is 5.27. The van der Waals surface area contributed by atoms with Crippen LogP contribution >= 0.6 is 0 Å². The second kappa shape index (κ2) is 6.28. The van der Waals surface area contributed by atoms with Crippen LogP contribution in [-0.2, 0) is 6.42 Å². The molecule has 18 heavy (non-hydrogen) atoms. The minimum absolute atomic E-state index is 0.372. The molecule has 3 nitrogen and oxygen atoms in total. The second-order valence-electron chi connectivity index (χ2n) is 6.18. The molecule has 0 aliphatic carbocycles. The quantitative estimate of drug-likeness (QED) is 0.868. The number of nitrogens with zero attached hydrogens (tertiary/aromatic N) is 2. The fourth-order valence-corrected chi connectivity index (χ4v) is 2.14. The summed E-state index contributed by atoms with van der Waals surface area (Å²) < 4.78 is 0. The van der Waals surface area contributed by atoms with Crippen LogP contribution in [0.4, 0.5) is 0 Å². The molecule has 1 N–H and O–H groups in total. The number of aryl methyl sites for hydroxylation is 2. The zero-order valence-corrected chi connectivity index (χ0v) is 12.7. The summed E-state index contributed by atoms with van der Waals surface area (Å²) >= 11 is 0. The zero-order chi connectivity index (χ0) is 13.8. The topological polar surface area (TPSA) is 37.8 Å². The molecular formula is C15H27N3.